The maximum absolute atomic E-state index is 11.2. The number of aryl methyl sites for hydroxylation is 2. The zero-order valence-corrected chi connectivity index (χ0v) is 18.7. The number of ether oxygens (including phenoxy) is 1. The van der Waals surface area contributed by atoms with Crippen LogP contribution in [0.1, 0.15) is 101 Å². The molecule has 0 heterocycles. The van der Waals surface area contributed by atoms with Gasteiger partial charge in [-0.2, -0.15) is 0 Å². The molecule has 31 heavy (non-hydrogen) atoms. The molecule has 0 unspecified atom stereocenters. The van der Waals surface area contributed by atoms with Crippen molar-refractivity contribution in [3.8, 4) is 5.75 Å². The largest absolute Gasteiger partial charge is 0.508 e. The summed E-state index contributed by atoms with van der Waals surface area (Å²) in [5.41, 5.74) is 1.89. The third-order valence-corrected chi connectivity index (χ3v) is 7.17. The van der Waals surface area contributed by atoms with Crippen LogP contribution in [0.15, 0.2) is 18.2 Å². The number of phenolic OH excluding ortho intramolecular Hbond substituents is 1. The molecule has 0 bridgehead atoms. The first-order valence-electron chi connectivity index (χ1n) is 12.1. The zero-order chi connectivity index (χ0) is 22.2. The molecule has 5 nitrogen and oxygen atoms in total. The minimum absolute atomic E-state index is 0.128. The SMILES string of the molecule is O=COC1(CCCCCCc2cc(O)cc(CCCCCCC3(C(=O)O)CC3)c2)CC1. The van der Waals surface area contributed by atoms with E-state index >= 15 is 0 Å². The minimum Gasteiger partial charge on any atom is -0.508 e. The lowest BCUT2D eigenvalue weighted by Crippen LogP contribution is -2.14. The van der Waals surface area contributed by atoms with Crippen LogP contribution in [0.4, 0.5) is 0 Å². The molecule has 0 amide bonds. The Morgan fingerprint density at radius 2 is 1.39 bits per heavy atom. The first kappa shape index (κ1) is 23.6. The Bertz CT molecular complexity index is 733. The Morgan fingerprint density at radius 3 is 1.87 bits per heavy atom. The van der Waals surface area contributed by atoms with Crippen molar-refractivity contribution in [2.45, 2.75) is 108 Å². The summed E-state index contributed by atoms with van der Waals surface area (Å²) in [5, 5.41) is 19.3. The number of hydrogen-bond donors (Lipinski definition) is 2. The molecule has 2 fully saturated rings. The number of benzene rings is 1. The molecule has 0 aromatic heterocycles. The van der Waals surface area contributed by atoms with Crippen molar-refractivity contribution in [1.29, 1.82) is 0 Å². The Morgan fingerprint density at radius 1 is 0.839 bits per heavy atom. The molecule has 3 rings (SSSR count). The van der Waals surface area contributed by atoms with Gasteiger partial charge in [-0.3, -0.25) is 9.59 Å². The second kappa shape index (κ2) is 11.0. The normalized spacial score (nSPS) is 17.8. The van der Waals surface area contributed by atoms with Crippen molar-refractivity contribution in [1.82, 2.24) is 0 Å². The third kappa shape index (κ3) is 7.55. The first-order chi connectivity index (χ1) is 15.0. The number of carboxylic acid groups (broad SMARTS) is 1. The maximum Gasteiger partial charge on any atom is 0.309 e. The van der Waals surface area contributed by atoms with Gasteiger partial charge in [-0.1, -0.05) is 38.2 Å². The highest BCUT2D eigenvalue weighted by Crippen LogP contribution is 2.50. The van der Waals surface area contributed by atoms with E-state index in [-0.39, 0.29) is 11.0 Å². The fourth-order valence-electron chi connectivity index (χ4n) is 4.70. The van der Waals surface area contributed by atoms with E-state index in [0.717, 1.165) is 103 Å². The molecule has 0 saturated heterocycles. The van der Waals surface area contributed by atoms with Gasteiger partial charge in [-0.15, -0.1) is 0 Å². The van der Waals surface area contributed by atoms with Crippen LogP contribution in [-0.2, 0) is 27.2 Å². The highest BCUT2D eigenvalue weighted by molar-refractivity contribution is 5.77. The molecular formula is C26H38O5. The summed E-state index contributed by atoms with van der Waals surface area (Å²) in [5.74, 6) is -0.259. The predicted molar refractivity (Wildman–Crippen MR) is 120 cm³/mol. The standard InChI is InChI=1S/C26H38O5/c27-20-31-26(15-16-26)12-8-4-2-6-10-22-17-21(18-23(28)19-22)9-5-1-3-7-11-25(13-14-25)24(29)30/h17-20,28H,1-16H2,(H,29,30). The molecule has 1 aromatic carbocycles. The van der Waals surface area contributed by atoms with Crippen LogP contribution in [0.3, 0.4) is 0 Å². The van der Waals surface area contributed by atoms with Gasteiger partial charge in [-0.05, 0) is 93.9 Å². The highest BCUT2D eigenvalue weighted by atomic mass is 16.5. The molecule has 0 radical (unpaired) electrons. The summed E-state index contributed by atoms with van der Waals surface area (Å²) in [6.45, 7) is 0.592. The summed E-state index contributed by atoms with van der Waals surface area (Å²) in [7, 11) is 0. The molecule has 2 aliphatic carbocycles. The molecule has 2 saturated carbocycles. The van der Waals surface area contributed by atoms with Gasteiger partial charge < -0.3 is 14.9 Å². The van der Waals surface area contributed by atoms with E-state index in [9.17, 15) is 19.8 Å². The smallest absolute Gasteiger partial charge is 0.309 e. The minimum atomic E-state index is -0.612. The summed E-state index contributed by atoms with van der Waals surface area (Å²) >= 11 is 0. The van der Waals surface area contributed by atoms with Gasteiger partial charge in [0.2, 0.25) is 0 Å². The number of unbranched alkanes of at least 4 members (excludes halogenated alkanes) is 6. The lowest BCUT2D eigenvalue weighted by molar-refractivity contribution is -0.143. The summed E-state index contributed by atoms with van der Waals surface area (Å²) in [6.07, 6.45) is 16.3. The molecule has 2 aliphatic rings. The van der Waals surface area contributed by atoms with E-state index in [2.05, 4.69) is 6.07 Å². The van der Waals surface area contributed by atoms with Crippen molar-refractivity contribution >= 4 is 12.4 Å². The van der Waals surface area contributed by atoms with Gasteiger partial charge in [-0.25, -0.2) is 0 Å². The topological polar surface area (TPSA) is 83.8 Å². The van der Waals surface area contributed by atoms with Crippen LogP contribution in [0.2, 0.25) is 0 Å². The summed E-state index contributed by atoms with van der Waals surface area (Å²) in [4.78, 5) is 21.7. The number of aromatic hydroxyl groups is 1. The Balaban J connectivity index is 1.27. The second-order valence-electron chi connectivity index (χ2n) is 9.82. The number of carbonyl (C=O) groups excluding carboxylic acids is 1. The molecule has 0 spiro atoms. The molecule has 0 aliphatic heterocycles. The van der Waals surface area contributed by atoms with Crippen molar-refractivity contribution < 1.29 is 24.5 Å². The van der Waals surface area contributed by atoms with Crippen LogP contribution in [0.25, 0.3) is 0 Å². The highest BCUT2D eigenvalue weighted by Gasteiger charge is 2.49. The van der Waals surface area contributed by atoms with Gasteiger partial charge in [0.1, 0.15) is 11.4 Å². The third-order valence-electron chi connectivity index (χ3n) is 7.17. The quantitative estimate of drug-likeness (QED) is 0.236. The second-order valence-corrected chi connectivity index (χ2v) is 9.82. The van der Waals surface area contributed by atoms with Crippen LogP contribution < -0.4 is 0 Å². The molecule has 5 heteroatoms. The van der Waals surface area contributed by atoms with E-state index in [1.807, 2.05) is 12.1 Å². The van der Waals surface area contributed by atoms with Crippen molar-refractivity contribution in [3.63, 3.8) is 0 Å². The van der Waals surface area contributed by atoms with E-state index in [0.29, 0.717) is 12.2 Å². The number of carbonyl (C=O) groups is 2. The maximum atomic E-state index is 11.2. The molecule has 0 atom stereocenters. The van der Waals surface area contributed by atoms with Crippen LogP contribution in [0, 0.1) is 5.41 Å². The monoisotopic (exact) mass is 430 g/mol. The fraction of sp³-hybridized carbons (Fsp3) is 0.692. The molecule has 2 N–H and O–H groups in total. The lowest BCUT2D eigenvalue weighted by atomic mass is 9.96. The predicted octanol–water partition coefficient (Wildman–Crippen LogP) is 5.95. The zero-order valence-electron chi connectivity index (χ0n) is 18.7. The number of aliphatic carboxylic acids is 1. The number of hydrogen-bond acceptors (Lipinski definition) is 4. The number of carboxylic acids is 1. The van der Waals surface area contributed by atoms with Crippen molar-refractivity contribution in [3.05, 3.63) is 29.3 Å². The van der Waals surface area contributed by atoms with Gasteiger partial charge in [0, 0.05) is 0 Å². The number of rotatable bonds is 17. The van der Waals surface area contributed by atoms with Crippen molar-refractivity contribution in [2.24, 2.45) is 5.41 Å². The number of phenols is 1. The Kier molecular flexibility index (Phi) is 8.39. The van der Waals surface area contributed by atoms with Crippen LogP contribution in [0.5, 0.6) is 5.75 Å². The van der Waals surface area contributed by atoms with E-state index < -0.39 is 5.97 Å². The fourth-order valence-corrected chi connectivity index (χ4v) is 4.70. The summed E-state index contributed by atoms with van der Waals surface area (Å²) in [6, 6.07) is 5.97. The Hall–Kier alpha value is -2.04. The van der Waals surface area contributed by atoms with Gasteiger partial charge in [0.25, 0.3) is 6.47 Å². The first-order valence-corrected chi connectivity index (χ1v) is 12.1. The Labute approximate surface area is 186 Å². The molecular weight excluding hydrogens is 392 g/mol. The lowest BCUT2D eigenvalue weighted by Gasteiger charge is -2.12. The summed E-state index contributed by atoms with van der Waals surface area (Å²) < 4.78 is 5.19. The van der Waals surface area contributed by atoms with E-state index in [1.165, 1.54) is 11.1 Å². The van der Waals surface area contributed by atoms with Crippen LogP contribution >= 0.6 is 0 Å². The van der Waals surface area contributed by atoms with Gasteiger partial charge >= 0.3 is 5.97 Å². The average molecular weight is 431 g/mol. The molecule has 1 aromatic rings. The van der Waals surface area contributed by atoms with Crippen LogP contribution in [-0.4, -0.2) is 28.3 Å². The molecule has 172 valence electrons. The van der Waals surface area contributed by atoms with Gasteiger partial charge in [0.05, 0.1) is 5.41 Å². The van der Waals surface area contributed by atoms with E-state index in [4.69, 9.17) is 4.74 Å². The van der Waals surface area contributed by atoms with Gasteiger partial charge in [0.15, 0.2) is 0 Å². The van der Waals surface area contributed by atoms with Crippen molar-refractivity contribution in [2.75, 3.05) is 0 Å². The average Bonchev–Trinajstić information content (AvgIpc) is 3.64. The van der Waals surface area contributed by atoms with E-state index in [1.54, 1.807) is 0 Å².